The maximum Gasteiger partial charge on any atom is 0.220 e. The quantitative estimate of drug-likeness (QED) is 0.748. The Morgan fingerprint density at radius 1 is 1.33 bits per heavy atom. The average Bonchev–Trinajstić information content (AvgIpc) is 2.46. The molecule has 2 rings (SSSR count). The first-order valence-electron chi connectivity index (χ1n) is 7.81. The zero-order chi connectivity index (χ0) is 15.2. The summed E-state index contributed by atoms with van der Waals surface area (Å²) in [5.74, 6) is 0.762. The molecule has 3 N–H and O–H groups in total. The molecule has 1 aliphatic heterocycles. The van der Waals surface area contributed by atoms with Crippen molar-refractivity contribution in [1.82, 2.24) is 10.6 Å². The molecule has 0 radical (unpaired) electrons. The summed E-state index contributed by atoms with van der Waals surface area (Å²) in [5, 5.41) is 16.4. The van der Waals surface area contributed by atoms with Gasteiger partial charge in [0.1, 0.15) is 0 Å². The topological polar surface area (TPSA) is 61.4 Å². The van der Waals surface area contributed by atoms with Gasteiger partial charge in [-0.1, -0.05) is 38.1 Å². The number of carbonyl (C=O) groups excluding carboxylic acids is 1. The van der Waals surface area contributed by atoms with E-state index in [2.05, 4.69) is 36.6 Å². The summed E-state index contributed by atoms with van der Waals surface area (Å²) >= 11 is 0. The van der Waals surface area contributed by atoms with Gasteiger partial charge in [0.15, 0.2) is 0 Å². The monoisotopic (exact) mass is 290 g/mol. The third-order valence-electron chi connectivity index (χ3n) is 3.87. The number of piperidine rings is 1. The first-order valence-corrected chi connectivity index (χ1v) is 7.81. The minimum atomic E-state index is -0.504. The second kappa shape index (κ2) is 7.57. The van der Waals surface area contributed by atoms with Crippen LogP contribution in [0.15, 0.2) is 24.3 Å². The molecule has 1 heterocycles. The summed E-state index contributed by atoms with van der Waals surface area (Å²) in [7, 11) is 0. The predicted octanol–water partition coefficient (Wildman–Crippen LogP) is 1.79. The van der Waals surface area contributed by atoms with Crippen molar-refractivity contribution in [2.75, 3.05) is 13.1 Å². The van der Waals surface area contributed by atoms with E-state index in [0.717, 1.165) is 18.4 Å². The largest absolute Gasteiger partial charge is 0.387 e. The van der Waals surface area contributed by atoms with E-state index in [1.165, 1.54) is 5.56 Å². The van der Waals surface area contributed by atoms with Gasteiger partial charge >= 0.3 is 0 Å². The smallest absolute Gasteiger partial charge is 0.220 e. The number of rotatable bonds is 6. The first kappa shape index (κ1) is 16.0. The van der Waals surface area contributed by atoms with Crippen molar-refractivity contribution < 1.29 is 9.90 Å². The molecular formula is C17H26N2O2. The van der Waals surface area contributed by atoms with Crippen molar-refractivity contribution in [2.45, 2.75) is 45.3 Å². The summed E-state index contributed by atoms with van der Waals surface area (Å²) in [4.78, 5) is 11.1. The molecule has 1 aromatic rings. The second-order valence-corrected chi connectivity index (χ2v) is 6.30. The van der Waals surface area contributed by atoms with E-state index in [9.17, 15) is 9.90 Å². The van der Waals surface area contributed by atoms with E-state index in [1.54, 1.807) is 0 Å². The van der Waals surface area contributed by atoms with Crippen LogP contribution in [0.25, 0.3) is 0 Å². The van der Waals surface area contributed by atoms with Crippen LogP contribution in [0.2, 0.25) is 0 Å². The molecule has 0 bridgehead atoms. The van der Waals surface area contributed by atoms with E-state index >= 15 is 0 Å². The highest BCUT2D eigenvalue weighted by Gasteiger charge is 2.18. The fourth-order valence-electron chi connectivity index (χ4n) is 2.65. The van der Waals surface area contributed by atoms with Crippen LogP contribution in [-0.2, 0) is 11.2 Å². The highest BCUT2D eigenvalue weighted by molar-refractivity contribution is 5.76. The summed E-state index contributed by atoms with van der Waals surface area (Å²) < 4.78 is 0. The molecule has 0 spiro atoms. The fraction of sp³-hybridized carbons (Fsp3) is 0.588. The zero-order valence-corrected chi connectivity index (χ0v) is 12.9. The summed E-state index contributed by atoms with van der Waals surface area (Å²) in [5.41, 5.74) is 2.25. The molecule has 4 heteroatoms. The van der Waals surface area contributed by atoms with Crippen molar-refractivity contribution >= 4 is 5.91 Å². The molecule has 1 fully saturated rings. The van der Waals surface area contributed by atoms with Crippen LogP contribution in [0.5, 0.6) is 0 Å². The molecule has 1 saturated heterocycles. The van der Waals surface area contributed by atoms with E-state index in [0.29, 0.717) is 25.4 Å². The lowest BCUT2D eigenvalue weighted by atomic mass is 10.00. The normalized spacial score (nSPS) is 20.4. The molecule has 1 aromatic carbocycles. The molecule has 0 saturated carbocycles. The SMILES string of the molecule is CC(C)Cc1ccc(C(O)CNC2CCC(=O)NC2)cc1. The van der Waals surface area contributed by atoms with E-state index in [1.807, 2.05) is 12.1 Å². The minimum Gasteiger partial charge on any atom is -0.387 e. The summed E-state index contributed by atoms with van der Waals surface area (Å²) in [6.07, 6.45) is 1.97. The number of nitrogens with one attached hydrogen (secondary N) is 2. The van der Waals surface area contributed by atoms with Crippen LogP contribution in [0.4, 0.5) is 0 Å². The highest BCUT2D eigenvalue weighted by Crippen LogP contribution is 2.16. The Hall–Kier alpha value is -1.39. The third-order valence-corrected chi connectivity index (χ3v) is 3.87. The highest BCUT2D eigenvalue weighted by atomic mass is 16.3. The van der Waals surface area contributed by atoms with Crippen LogP contribution >= 0.6 is 0 Å². The van der Waals surface area contributed by atoms with E-state index < -0.39 is 6.10 Å². The lowest BCUT2D eigenvalue weighted by Crippen LogP contribution is -2.46. The number of aliphatic hydroxyl groups excluding tert-OH is 1. The molecule has 21 heavy (non-hydrogen) atoms. The van der Waals surface area contributed by atoms with Gasteiger partial charge in [0, 0.05) is 25.6 Å². The number of hydrogen-bond donors (Lipinski definition) is 3. The van der Waals surface area contributed by atoms with Crippen molar-refractivity contribution in [1.29, 1.82) is 0 Å². The van der Waals surface area contributed by atoms with Crippen molar-refractivity contribution in [2.24, 2.45) is 5.92 Å². The maximum atomic E-state index is 11.1. The van der Waals surface area contributed by atoms with Crippen LogP contribution in [0, 0.1) is 5.92 Å². The molecule has 4 nitrogen and oxygen atoms in total. The molecule has 0 aromatic heterocycles. The number of amides is 1. The van der Waals surface area contributed by atoms with Crippen molar-refractivity contribution in [3.63, 3.8) is 0 Å². The molecule has 116 valence electrons. The summed E-state index contributed by atoms with van der Waals surface area (Å²) in [6.45, 7) is 5.58. The Balaban J connectivity index is 1.80. The van der Waals surface area contributed by atoms with Crippen LogP contribution in [0.1, 0.15) is 43.9 Å². The predicted molar refractivity (Wildman–Crippen MR) is 84.0 cm³/mol. The van der Waals surface area contributed by atoms with Gasteiger partial charge in [-0.25, -0.2) is 0 Å². The Kier molecular flexibility index (Phi) is 5.76. The zero-order valence-electron chi connectivity index (χ0n) is 12.9. The summed E-state index contributed by atoms with van der Waals surface area (Å²) in [6, 6.07) is 8.47. The van der Waals surface area contributed by atoms with Gasteiger partial charge in [-0.05, 0) is 29.9 Å². The van der Waals surface area contributed by atoms with Crippen LogP contribution in [-0.4, -0.2) is 30.1 Å². The number of carbonyl (C=O) groups is 1. The van der Waals surface area contributed by atoms with Gasteiger partial charge in [0.05, 0.1) is 6.10 Å². The molecule has 1 amide bonds. The molecule has 1 aliphatic rings. The van der Waals surface area contributed by atoms with Gasteiger partial charge in [-0.2, -0.15) is 0 Å². The van der Waals surface area contributed by atoms with E-state index in [4.69, 9.17) is 0 Å². The Bertz CT molecular complexity index is 446. The van der Waals surface area contributed by atoms with Gasteiger partial charge < -0.3 is 15.7 Å². The number of benzene rings is 1. The molecule has 0 aliphatic carbocycles. The Morgan fingerprint density at radius 3 is 2.62 bits per heavy atom. The molecular weight excluding hydrogens is 264 g/mol. The molecule has 2 atom stereocenters. The third kappa shape index (κ3) is 5.14. The lowest BCUT2D eigenvalue weighted by Gasteiger charge is -2.25. The number of hydrogen-bond acceptors (Lipinski definition) is 3. The van der Waals surface area contributed by atoms with Crippen molar-refractivity contribution in [3.05, 3.63) is 35.4 Å². The second-order valence-electron chi connectivity index (χ2n) is 6.30. The average molecular weight is 290 g/mol. The van der Waals surface area contributed by atoms with Crippen LogP contribution < -0.4 is 10.6 Å². The van der Waals surface area contributed by atoms with Gasteiger partial charge in [-0.15, -0.1) is 0 Å². The van der Waals surface area contributed by atoms with E-state index in [-0.39, 0.29) is 11.9 Å². The van der Waals surface area contributed by atoms with Gasteiger partial charge in [0.25, 0.3) is 0 Å². The minimum absolute atomic E-state index is 0.120. The van der Waals surface area contributed by atoms with Crippen molar-refractivity contribution in [3.8, 4) is 0 Å². The Labute approximate surface area is 126 Å². The maximum absolute atomic E-state index is 11.1. The fourth-order valence-corrected chi connectivity index (χ4v) is 2.65. The van der Waals surface area contributed by atoms with Crippen LogP contribution in [0.3, 0.4) is 0 Å². The van der Waals surface area contributed by atoms with Gasteiger partial charge in [0.2, 0.25) is 5.91 Å². The lowest BCUT2D eigenvalue weighted by molar-refractivity contribution is -0.122. The molecule has 2 unspecified atom stereocenters. The van der Waals surface area contributed by atoms with Gasteiger partial charge in [-0.3, -0.25) is 4.79 Å². The Morgan fingerprint density at radius 2 is 2.05 bits per heavy atom. The first-order chi connectivity index (χ1) is 10.0. The standard InChI is InChI=1S/C17H26N2O2/c1-12(2)9-13-3-5-14(6-4-13)16(20)11-18-15-7-8-17(21)19-10-15/h3-6,12,15-16,18,20H,7-11H2,1-2H3,(H,19,21). The number of aliphatic hydroxyl groups is 1.